The van der Waals surface area contributed by atoms with Gasteiger partial charge in [-0.1, -0.05) is 13.8 Å². The van der Waals surface area contributed by atoms with Gasteiger partial charge in [0.25, 0.3) is 0 Å². The summed E-state index contributed by atoms with van der Waals surface area (Å²) in [6.45, 7) is 4.13. The summed E-state index contributed by atoms with van der Waals surface area (Å²) < 4.78 is 5.27. The SMILES string of the molecule is COC(c1ncc(N)cn1)C(C)C. The molecule has 0 saturated carbocycles. The maximum absolute atomic E-state index is 5.48. The fraction of sp³-hybridized carbons (Fsp3) is 0.556. The molecule has 0 fully saturated rings. The molecule has 0 aliphatic rings. The normalized spacial score (nSPS) is 13.2. The summed E-state index contributed by atoms with van der Waals surface area (Å²) in [5.41, 5.74) is 6.05. The quantitative estimate of drug-likeness (QED) is 0.765. The number of ether oxygens (including phenoxy) is 1. The van der Waals surface area contributed by atoms with E-state index in [0.29, 0.717) is 17.4 Å². The van der Waals surface area contributed by atoms with Crippen molar-refractivity contribution in [3.05, 3.63) is 18.2 Å². The zero-order valence-corrected chi connectivity index (χ0v) is 8.19. The van der Waals surface area contributed by atoms with Crippen LogP contribution in [-0.4, -0.2) is 17.1 Å². The number of nitrogens with zero attached hydrogens (tertiary/aromatic N) is 2. The lowest BCUT2D eigenvalue weighted by Gasteiger charge is -2.17. The van der Waals surface area contributed by atoms with Gasteiger partial charge in [0.2, 0.25) is 0 Å². The first-order valence-electron chi connectivity index (χ1n) is 4.25. The minimum absolute atomic E-state index is 0.0550. The molecular formula is C9H15N3O. The van der Waals surface area contributed by atoms with E-state index >= 15 is 0 Å². The third-order valence-electron chi connectivity index (χ3n) is 1.81. The van der Waals surface area contributed by atoms with Crippen LogP contribution < -0.4 is 5.73 Å². The monoisotopic (exact) mass is 181 g/mol. The summed E-state index contributed by atoms with van der Waals surface area (Å²) in [7, 11) is 1.66. The number of anilines is 1. The fourth-order valence-corrected chi connectivity index (χ4v) is 1.17. The van der Waals surface area contributed by atoms with E-state index in [-0.39, 0.29) is 6.10 Å². The molecule has 4 heteroatoms. The zero-order valence-electron chi connectivity index (χ0n) is 8.19. The molecule has 0 radical (unpaired) electrons. The first kappa shape index (κ1) is 9.92. The molecular weight excluding hydrogens is 166 g/mol. The van der Waals surface area contributed by atoms with Crippen molar-refractivity contribution < 1.29 is 4.74 Å². The van der Waals surface area contributed by atoms with Crippen LogP contribution in [0.4, 0.5) is 5.69 Å². The predicted octanol–water partition coefficient (Wildman–Crippen LogP) is 1.40. The molecule has 1 aromatic rings. The summed E-state index contributed by atoms with van der Waals surface area (Å²) in [5.74, 6) is 1.04. The molecule has 1 atom stereocenters. The maximum Gasteiger partial charge on any atom is 0.157 e. The Morgan fingerprint density at radius 3 is 2.23 bits per heavy atom. The topological polar surface area (TPSA) is 61.0 Å². The highest BCUT2D eigenvalue weighted by molar-refractivity contribution is 5.30. The van der Waals surface area contributed by atoms with Gasteiger partial charge >= 0.3 is 0 Å². The predicted molar refractivity (Wildman–Crippen MR) is 51.0 cm³/mol. The van der Waals surface area contributed by atoms with E-state index < -0.39 is 0 Å². The van der Waals surface area contributed by atoms with Crippen LogP contribution in [0.3, 0.4) is 0 Å². The smallest absolute Gasteiger partial charge is 0.157 e. The Morgan fingerprint density at radius 1 is 1.31 bits per heavy atom. The van der Waals surface area contributed by atoms with Crippen LogP contribution in [0.1, 0.15) is 25.8 Å². The van der Waals surface area contributed by atoms with Crippen LogP contribution in [-0.2, 0) is 4.74 Å². The average molecular weight is 181 g/mol. The number of nitrogens with two attached hydrogens (primary N) is 1. The molecule has 0 bridgehead atoms. The third-order valence-corrected chi connectivity index (χ3v) is 1.81. The van der Waals surface area contributed by atoms with Crippen LogP contribution >= 0.6 is 0 Å². The van der Waals surface area contributed by atoms with E-state index in [0.717, 1.165) is 0 Å². The molecule has 1 unspecified atom stereocenters. The highest BCUT2D eigenvalue weighted by Crippen LogP contribution is 2.21. The summed E-state index contributed by atoms with van der Waals surface area (Å²) in [5, 5.41) is 0. The molecule has 2 N–H and O–H groups in total. The highest BCUT2D eigenvalue weighted by atomic mass is 16.5. The van der Waals surface area contributed by atoms with Gasteiger partial charge in [0.05, 0.1) is 18.1 Å². The number of aromatic nitrogens is 2. The molecule has 4 nitrogen and oxygen atoms in total. The van der Waals surface area contributed by atoms with E-state index in [4.69, 9.17) is 10.5 Å². The van der Waals surface area contributed by atoms with Gasteiger partial charge in [-0.05, 0) is 5.92 Å². The van der Waals surface area contributed by atoms with Gasteiger partial charge in [-0.2, -0.15) is 0 Å². The van der Waals surface area contributed by atoms with Crippen LogP contribution in [0.5, 0.6) is 0 Å². The standard InChI is InChI=1S/C9H15N3O/c1-6(2)8(13-3)9-11-4-7(10)5-12-9/h4-6,8H,10H2,1-3H3. The van der Waals surface area contributed by atoms with Gasteiger partial charge in [0.15, 0.2) is 5.82 Å². The van der Waals surface area contributed by atoms with E-state index in [1.54, 1.807) is 19.5 Å². The first-order chi connectivity index (χ1) is 6.15. The minimum Gasteiger partial charge on any atom is -0.396 e. The van der Waals surface area contributed by atoms with Crippen molar-refractivity contribution in [3.63, 3.8) is 0 Å². The molecule has 0 aromatic carbocycles. The number of rotatable bonds is 3. The van der Waals surface area contributed by atoms with Crippen LogP contribution in [0.2, 0.25) is 0 Å². The lowest BCUT2D eigenvalue weighted by molar-refractivity contribution is 0.0575. The van der Waals surface area contributed by atoms with Crippen molar-refractivity contribution in [3.8, 4) is 0 Å². The summed E-state index contributed by atoms with van der Waals surface area (Å²) in [6, 6.07) is 0. The second-order valence-corrected chi connectivity index (χ2v) is 3.27. The van der Waals surface area contributed by atoms with Crippen LogP contribution in [0.15, 0.2) is 12.4 Å². The molecule has 0 spiro atoms. The summed E-state index contributed by atoms with van der Waals surface area (Å²) in [6.07, 6.45) is 3.13. The van der Waals surface area contributed by atoms with Gasteiger partial charge in [-0.25, -0.2) is 9.97 Å². The fourth-order valence-electron chi connectivity index (χ4n) is 1.17. The maximum atomic E-state index is 5.48. The molecule has 1 aromatic heterocycles. The minimum atomic E-state index is -0.0550. The van der Waals surface area contributed by atoms with Gasteiger partial charge < -0.3 is 10.5 Å². The Kier molecular flexibility index (Phi) is 3.19. The lowest BCUT2D eigenvalue weighted by atomic mass is 10.1. The molecule has 0 aliphatic heterocycles. The van der Waals surface area contributed by atoms with Gasteiger partial charge in [0.1, 0.15) is 6.10 Å². The van der Waals surface area contributed by atoms with E-state index in [9.17, 15) is 0 Å². The second kappa shape index (κ2) is 4.18. The molecule has 0 saturated heterocycles. The first-order valence-corrected chi connectivity index (χ1v) is 4.25. The van der Waals surface area contributed by atoms with Crippen molar-refractivity contribution in [2.45, 2.75) is 20.0 Å². The highest BCUT2D eigenvalue weighted by Gasteiger charge is 2.17. The Balaban J connectivity index is 2.86. The lowest BCUT2D eigenvalue weighted by Crippen LogP contribution is -2.12. The Hall–Kier alpha value is -1.16. The molecule has 72 valence electrons. The van der Waals surface area contributed by atoms with Crippen molar-refractivity contribution in [1.82, 2.24) is 9.97 Å². The Labute approximate surface area is 78.1 Å². The van der Waals surface area contributed by atoms with Gasteiger partial charge in [0, 0.05) is 7.11 Å². The molecule has 0 amide bonds. The van der Waals surface area contributed by atoms with E-state index in [1.165, 1.54) is 0 Å². The Bertz CT molecular complexity index is 258. The molecule has 0 aliphatic carbocycles. The zero-order chi connectivity index (χ0) is 9.84. The third kappa shape index (κ3) is 2.39. The van der Waals surface area contributed by atoms with E-state index in [1.807, 2.05) is 0 Å². The number of hydrogen-bond donors (Lipinski definition) is 1. The van der Waals surface area contributed by atoms with Gasteiger partial charge in [-0.15, -0.1) is 0 Å². The largest absolute Gasteiger partial charge is 0.396 e. The molecule has 1 rings (SSSR count). The number of nitrogen functional groups attached to an aromatic ring is 1. The Morgan fingerprint density at radius 2 is 1.85 bits per heavy atom. The van der Waals surface area contributed by atoms with Gasteiger partial charge in [-0.3, -0.25) is 0 Å². The van der Waals surface area contributed by atoms with Crippen molar-refractivity contribution >= 4 is 5.69 Å². The number of methoxy groups -OCH3 is 1. The second-order valence-electron chi connectivity index (χ2n) is 3.27. The molecule has 1 heterocycles. The average Bonchev–Trinajstić information content (AvgIpc) is 2.09. The van der Waals surface area contributed by atoms with E-state index in [2.05, 4.69) is 23.8 Å². The van der Waals surface area contributed by atoms with Crippen LogP contribution in [0, 0.1) is 5.92 Å². The van der Waals surface area contributed by atoms with Crippen molar-refractivity contribution in [2.75, 3.05) is 12.8 Å². The summed E-state index contributed by atoms with van der Waals surface area (Å²) in [4.78, 5) is 8.22. The molecule has 13 heavy (non-hydrogen) atoms. The summed E-state index contributed by atoms with van der Waals surface area (Å²) >= 11 is 0. The van der Waals surface area contributed by atoms with Crippen LogP contribution in [0.25, 0.3) is 0 Å². The van der Waals surface area contributed by atoms with Crippen molar-refractivity contribution in [2.24, 2.45) is 5.92 Å². The number of hydrogen-bond acceptors (Lipinski definition) is 4. The van der Waals surface area contributed by atoms with Crippen molar-refractivity contribution in [1.29, 1.82) is 0 Å².